The van der Waals surface area contributed by atoms with E-state index in [0.29, 0.717) is 24.5 Å². The predicted octanol–water partition coefficient (Wildman–Crippen LogP) is 7.86. The topological polar surface area (TPSA) is 140 Å². The van der Waals surface area contributed by atoms with Crippen molar-refractivity contribution in [2.45, 2.75) is 49.9 Å². The van der Waals surface area contributed by atoms with E-state index in [1.54, 1.807) is 4.90 Å². The summed E-state index contributed by atoms with van der Waals surface area (Å²) in [6, 6.07) is 34.3. The molecule has 2 aliphatic rings. The van der Waals surface area contributed by atoms with Crippen LogP contribution in [0.5, 0.6) is 0 Å². The first kappa shape index (κ1) is 38.3. The normalized spacial score (nSPS) is 17.7. The molecule has 4 aromatic carbocycles. The number of likely N-dealkylation sites (tertiary alicyclic amines) is 2. The fourth-order valence-electron chi connectivity index (χ4n) is 8.35. The lowest BCUT2D eigenvalue weighted by atomic mass is 10.0. The van der Waals surface area contributed by atoms with Crippen molar-refractivity contribution in [2.24, 2.45) is 0 Å². The second-order valence-corrected chi connectivity index (χ2v) is 15.2. The Morgan fingerprint density at radius 1 is 0.655 bits per heavy atom. The van der Waals surface area contributed by atoms with Crippen LogP contribution in [0.4, 0.5) is 4.79 Å². The zero-order valence-electron chi connectivity index (χ0n) is 33.0. The standard InChI is InChI=1S/C46H48N8O4/c1-52(2)41(35-14-8-5-9-15-35)45(56)54-27-11-17-39(54)43-48-29-37(50-43)33-24-20-31(21-25-33)30-18-22-32(23-19-30)36-28-47-42(49-36)38-16-10-26-53(38)44(55)40(51-46(57)58-3)34-12-6-4-7-13-34/h4-9,12-15,18-25,28-29,38-41H,10-11,16-17,26-27H2,1-3H3,(H,47,49)(H,48,50)(H,51,57)/t38-,39-,40+,41-/m0/s1. The molecule has 3 amide bonds. The Morgan fingerprint density at radius 2 is 1.10 bits per heavy atom. The molecule has 4 heterocycles. The van der Waals surface area contributed by atoms with Crippen molar-refractivity contribution in [3.8, 4) is 33.6 Å². The van der Waals surface area contributed by atoms with E-state index < -0.39 is 12.1 Å². The SMILES string of the molecule is COC(=O)N[C@@H](C(=O)N1CCC[C@H]1c1ncc(-c2ccc(-c3ccc(-c4cnc([C@@H]5CCCN5C(=O)[C@H](c5ccccc5)N(C)C)[nH]4)cc3)cc2)[nH]1)c1ccccc1. The van der Waals surface area contributed by atoms with Crippen LogP contribution in [0.15, 0.2) is 122 Å². The van der Waals surface area contributed by atoms with Gasteiger partial charge >= 0.3 is 6.09 Å². The van der Waals surface area contributed by atoms with Gasteiger partial charge in [-0.1, -0.05) is 109 Å². The summed E-state index contributed by atoms with van der Waals surface area (Å²) in [6.45, 7) is 1.27. The number of H-pyrrole nitrogens is 2. The number of benzene rings is 4. The van der Waals surface area contributed by atoms with Gasteiger partial charge in [0.15, 0.2) is 0 Å². The number of ether oxygens (including phenoxy) is 1. The molecule has 8 rings (SSSR count). The maximum atomic E-state index is 13.9. The van der Waals surface area contributed by atoms with Gasteiger partial charge in [0, 0.05) is 13.1 Å². The van der Waals surface area contributed by atoms with Crippen molar-refractivity contribution >= 4 is 17.9 Å². The van der Waals surface area contributed by atoms with Crippen molar-refractivity contribution < 1.29 is 19.1 Å². The van der Waals surface area contributed by atoms with Gasteiger partial charge in [-0.25, -0.2) is 14.8 Å². The van der Waals surface area contributed by atoms with Crippen LogP contribution in [0.3, 0.4) is 0 Å². The van der Waals surface area contributed by atoms with E-state index in [1.807, 2.05) is 97.0 Å². The van der Waals surface area contributed by atoms with Crippen LogP contribution in [0.2, 0.25) is 0 Å². The zero-order valence-corrected chi connectivity index (χ0v) is 33.0. The minimum Gasteiger partial charge on any atom is -0.453 e. The molecule has 4 atom stereocenters. The van der Waals surface area contributed by atoms with Gasteiger partial charge in [-0.3, -0.25) is 14.5 Å². The first-order valence-electron chi connectivity index (χ1n) is 19.8. The maximum absolute atomic E-state index is 13.9. The Hall–Kier alpha value is -6.53. The van der Waals surface area contributed by atoms with Gasteiger partial charge in [-0.15, -0.1) is 0 Å². The average molecular weight is 777 g/mol. The molecule has 2 fully saturated rings. The fraction of sp³-hybridized carbons (Fsp3) is 0.283. The van der Waals surface area contributed by atoms with E-state index in [0.717, 1.165) is 70.7 Å². The van der Waals surface area contributed by atoms with Gasteiger partial charge in [0.2, 0.25) is 5.91 Å². The molecule has 58 heavy (non-hydrogen) atoms. The van der Waals surface area contributed by atoms with Crippen LogP contribution in [-0.2, 0) is 14.3 Å². The maximum Gasteiger partial charge on any atom is 0.407 e. The molecule has 0 spiro atoms. The highest BCUT2D eigenvalue weighted by atomic mass is 16.5. The molecule has 2 aromatic heterocycles. The number of amides is 3. The largest absolute Gasteiger partial charge is 0.453 e. The zero-order chi connectivity index (χ0) is 40.2. The lowest BCUT2D eigenvalue weighted by molar-refractivity contribution is -0.137. The Labute approximate surface area is 338 Å². The molecule has 296 valence electrons. The number of carbonyl (C=O) groups excluding carboxylic acids is 3. The highest BCUT2D eigenvalue weighted by molar-refractivity contribution is 5.87. The van der Waals surface area contributed by atoms with Gasteiger partial charge in [-0.05, 0) is 73.2 Å². The van der Waals surface area contributed by atoms with Crippen molar-refractivity contribution in [3.05, 3.63) is 144 Å². The average Bonchev–Trinajstić information content (AvgIpc) is 4.11. The number of carbonyl (C=O) groups is 3. The summed E-state index contributed by atoms with van der Waals surface area (Å²) >= 11 is 0. The second-order valence-electron chi connectivity index (χ2n) is 15.2. The number of rotatable bonds is 11. The van der Waals surface area contributed by atoms with Gasteiger partial charge in [0.05, 0.1) is 43.0 Å². The molecule has 3 N–H and O–H groups in total. The first-order chi connectivity index (χ1) is 28.3. The van der Waals surface area contributed by atoms with Gasteiger partial charge in [0.1, 0.15) is 23.7 Å². The summed E-state index contributed by atoms with van der Waals surface area (Å²) in [5.74, 6) is 1.41. The van der Waals surface area contributed by atoms with Crippen molar-refractivity contribution in [2.75, 3.05) is 34.3 Å². The Balaban J connectivity index is 0.929. The van der Waals surface area contributed by atoms with E-state index in [1.165, 1.54) is 7.11 Å². The van der Waals surface area contributed by atoms with Crippen LogP contribution in [0, 0.1) is 0 Å². The van der Waals surface area contributed by atoms with Crippen LogP contribution < -0.4 is 5.32 Å². The first-order valence-corrected chi connectivity index (χ1v) is 19.8. The molecule has 12 heteroatoms. The van der Waals surface area contributed by atoms with Gasteiger partial charge in [-0.2, -0.15) is 0 Å². The number of alkyl carbamates (subject to hydrolysis) is 1. The number of aromatic nitrogens is 4. The molecule has 0 bridgehead atoms. The minimum absolute atomic E-state index is 0.0935. The van der Waals surface area contributed by atoms with Gasteiger partial charge in [0.25, 0.3) is 5.91 Å². The molecular weight excluding hydrogens is 729 g/mol. The third-order valence-electron chi connectivity index (χ3n) is 11.3. The predicted molar refractivity (Wildman–Crippen MR) is 222 cm³/mol. The molecule has 6 aromatic rings. The highest BCUT2D eigenvalue weighted by Crippen LogP contribution is 2.37. The van der Waals surface area contributed by atoms with E-state index in [4.69, 9.17) is 14.7 Å². The lowest BCUT2D eigenvalue weighted by Gasteiger charge is -2.31. The number of hydrogen-bond acceptors (Lipinski definition) is 7. The summed E-state index contributed by atoms with van der Waals surface area (Å²) in [6.07, 6.45) is 6.40. The number of nitrogens with one attached hydrogen (secondary N) is 3. The third kappa shape index (κ3) is 7.88. The number of imidazole rings is 2. The van der Waals surface area contributed by atoms with Crippen LogP contribution >= 0.6 is 0 Å². The molecule has 2 aliphatic heterocycles. The van der Waals surface area contributed by atoms with Crippen LogP contribution in [0.1, 0.15) is 72.6 Å². The van der Waals surface area contributed by atoms with E-state index in [9.17, 15) is 14.4 Å². The number of nitrogens with zero attached hydrogens (tertiary/aromatic N) is 5. The van der Waals surface area contributed by atoms with E-state index in [2.05, 4.69) is 63.8 Å². The molecule has 2 saturated heterocycles. The lowest BCUT2D eigenvalue weighted by Crippen LogP contribution is -2.42. The van der Waals surface area contributed by atoms with Crippen molar-refractivity contribution in [3.63, 3.8) is 0 Å². The van der Waals surface area contributed by atoms with Crippen molar-refractivity contribution in [1.82, 2.24) is 40.0 Å². The summed E-state index contributed by atoms with van der Waals surface area (Å²) in [4.78, 5) is 62.3. The molecule has 0 aliphatic carbocycles. The molecular formula is C46H48N8O4. The molecule has 12 nitrogen and oxygen atoms in total. The number of methoxy groups -OCH3 is 1. The number of hydrogen-bond donors (Lipinski definition) is 3. The van der Waals surface area contributed by atoms with Crippen LogP contribution in [-0.4, -0.2) is 86.8 Å². The Bertz CT molecular complexity index is 2340. The smallest absolute Gasteiger partial charge is 0.407 e. The van der Waals surface area contributed by atoms with Crippen LogP contribution in [0.25, 0.3) is 33.6 Å². The van der Waals surface area contributed by atoms with E-state index in [-0.39, 0.29) is 29.9 Å². The quantitative estimate of drug-likeness (QED) is 0.122. The second kappa shape index (κ2) is 16.9. The summed E-state index contributed by atoms with van der Waals surface area (Å²) < 4.78 is 4.83. The highest BCUT2D eigenvalue weighted by Gasteiger charge is 2.38. The Morgan fingerprint density at radius 3 is 1.57 bits per heavy atom. The molecule has 0 saturated carbocycles. The summed E-state index contributed by atoms with van der Waals surface area (Å²) in [5.41, 5.74) is 7.60. The number of likely N-dealkylation sites (N-methyl/N-ethyl adjacent to an activating group) is 1. The van der Waals surface area contributed by atoms with Gasteiger partial charge < -0.3 is 29.8 Å². The summed E-state index contributed by atoms with van der Waals surface area (Å²) in [5, 5.41) is 2.72. The minimum atomic E-state index is -0.871. The Kier molecular flexibility index (Phi) is 11.2. The monoisotopic (exact) mass is 776 g/mol. The third-order valence-corrected chi connectivity index (χ3v) is 11.3. The van der Waals surface area contributed by atoms with Crippen molar-refractivity contribution in [1.29, 1.82) is 0 Å². The molecule has 0 unspecified atom stereocenters. The summed E-state index contributed by atoms with van der Waals surface area (Å²) in [7, 11) is 5.19. The fourth-order valence-corrected chi connectivity index (χ4v) is 8.35. The van der Waals surface area contributed by atoms with E-state index >= 15 is 0 Å². The molecule has 0 radical (unpaired) electrons. The number of aromatic amines is 2.